The van der Waals surface area contributed by atoms with Crippen LogP contribution in [0.25, 0.3) is 0 Å². The van der Waals surface area contributed by atoms with E-state index in [2.05, 4.69) is 93.7 Å². The number of allylic oxidation sites excluding steroid dienone is 13. The Bertz CT molecular complexity index is 1270. The maximum absolute atomic E-state index is 12.7. The van der Waals surface area contributed by atoms with E-state index in [0.717, 1.165) is 77.0 Å². The van der Waals surface area contributed by atoms with Gasteiger partial charge in [-0.25, -0.2) is 0 Å². The van der Waals surface area contributed by atoms with Crippen LogP contribution in [-0.4, -0.2) is 37.2 Å². The Morgan fingerprint density at radius 3 is 1.02 bits per heavy atom. The molecule has 0 bridgehead atoms. The number of rotatable bonds is 48. The summed E-state index contributed by atoms with van der Waals surface area (Å²) in [5, 5.41) is 0. The predicted octanol–water partition coefficient (Wildman–Crippen LogP) is 18.0. The Kier molecular flexibility index (Phi) is 50.4. The highest BCUT2D eigenvalue weighted by Gasteiger charge is 2.19. The number of carbonyl (C=O) groups is 3. The van der Waals surface area contributed by atoms with E-state index in [1.165, 1.54) is 135 Å². The minimum atomic E-state index is -0.829. The average Bonchev–Trinajstić information content (AvgIpc) is 3.30. The van der Waals surface area contributed by atoms with Gasteiger partial charge in [0, 0.05) is 12.8 Å². The second kappa shape index (κ2) is 53.2. The molecule has 0 radical (unpaired) electrons. The molecule has 0 saturated heterocycles. The van der Waals surface area contributed by atoms with Gasteiger partial charge in [-0.05, 0) is 77.0 Å². The highest BCUT2D eigenvalue weighted by molar-refractivity contribution is 5.72. The summed E-state index contributed by atoms with van der Waals surface area (Å²) >= 11 is 0. The molecule has 0 aromatic heterocycles. The summed E-state index contributed by atoms with van der Waals surface area (Å²) in [5.74, 6) is -1.05. The highest BCUT2D eigenvalue weighted by Crippen LogP contribution is 2.15. The van der Waals surface area contributed by atoms with Crippen molar-refractivity contribution in [1.82, 2.24) is 0 Å². The van der Waals surface area contributed by atoms with E-state index in [1.807, 2.05) is 6.08 Å². The van der Waals surface area contributed by atoms with Crippen LogP contribution in [0.4, 0.5) is 0 Å². The van der Waals surface area contributed by atoms with Crippen molar-refractivity contribution in [3.8, 4) is 0 Å². The van der Waals surface area contributed by atoms with Gasteiger partial charge < -0.3 is 14.2 Å². The Balaban J connectivity index is 4.34. The van der Waals surface area contributed by atoms with Gasteiger partial charge in [0.15, 0.2) is 6.10 Å². The Morgan fingerprint density at radius 2 is 0.646 bits per heavy atom. The van der Waals surface area contributed by atoms with Gasteiger partial charge in [0.25, 0.3) is 0 Å². The molecule has 65 heavy (non-hydrogen) atoms. The summed E-state index contributed by atoms with van der Waals surface area (Å²) < 4.78 is 16.7. The molecule has 6 heteroatoms. The third-order valence-electron chi connectivity index (χ3n) is 11.4. The van der Waals surface area contributed by atoms with Crippen LogP contribution >= 0.6 is 0 Å². The largest absolute Gasteiger partial charge is 0.462 e. The fourth-order valence-corrected chi connectivity index (χ4v) is 7.37. The molecular formula is C59H100O6. The van der Waals surface area contributed by atoms with Crippen LogP contribution in [0.15, 0.2) is 85.1 Å². The average molecular weight is 905 g/mol. The number of carbonyl (C=O) groups excluding carboxylic acids is 3. The van der Waals surface area contributed by atoms with E-state index in [-0.39, 0.29) is 31.6 Å². The predicted molar refractivity (Wildman–Crippen MR) is 279 cm³/mol. The van der Waals surface area contributed by atoms with E-state index < -0.39 is 12.1 Å². The lowest BCUT2D eigenvalue weighted by atomic mass is 10.0. The smallest absolute Gasteiger partial charge is 0.310 e. The van der Waals surface area contributed by atoms with Gasteiger partial charge in [0.1, 0.15) is 13.2 Å². The van der Waals surface area contributed by atoms with Crippen LogP contribution < -0.4 is 0 Å². The Labute approximate surface area is 401 Å². The van der Waals surface area contributed by atoms with E-state index in [9.17, 15) is 14.4 Å². The lowest BCUT2D eigenvalue weighted by molar-refractivity contribution is -0.166. The molecule has 0 aliphatic carbocycles. The van der Waals surface area contributed by atoms with Gasteiger partial charge in [0.2, 0.25) is 0 Å². The molecule has 0 aromatic carbocycles. The maximum atomic E-state index is 12.7. The maximum Gasteiger partial charge on any atom is 0.310 e. The highest BCUT2D eigenvalue weighted by atomic mass is 16.6. The molecule has 372 valence electrons. The zero-order chi connectivity index (χ0) is 47.2. The van der Waals surface area contributed by atoms with Gasteiger partial charge in [-0.2, -0.15) is 0 Å². The first-order chi connectivity index (χ1) is 32.0. The minimum absolute atomic E-state index is 0.0972. The summed E-state index contributed by atoms with van der Waals surface area (Å²) in [6, 6.07) is 0. The van der Waals surface area contributed by atoms with Crippen molar-refractivity contribution in [3.63, 3.8) is 0 Å². The van der Waals surface area contributed by atoms with Crippen LogP contribution in [0.1, 0.15) is 252 Å². The van der Waals surface area contributed by atoms with Crippen molar-refractivity contribution in [2.45, 2.75) is 258 Å². The Hall–Kier alpha value is -3.41. The van der Waals surface area contributed by atoms with Crippen molar-refractivity contribution in [1.29, 1.82) is 0 Å². The summed E-state index contributed by atoms with van der Waals surface area (Å²) in [6.45, 7) is 6.41. The molecule has 0 aliphatic heterocycles. The molecule has 0 fully saturated rings. The van der Waals surface area contributed by atoms with Crippen molar-refractivity contribution >= 4 is 17.9 Å². The zero-order valence-corrected chi connectivity index (χ0v) is 42.5. The molecule has 0 spiro atoms. The van der Waals surface area contributed by atoms with Crippen LogP contribution in [-0.2, 0) is 28.6 Å². The van der Waals surface area contributed by atoms with E-state index >= 15 is 0 Å². The molecule has 0 heterocycles. The van der Waals surface area contributed by atoms with Crippen LogP contribution in [0.5, 0.6) is 0 Å². The molecule has 0 amide bonds. The van der Waals surface area contributed by atoms with Gasteiger partial charge in [0.05, 0.1) is 6.42 Å². The standard InChI is InChI=1S/C59H100O6/c1-4-7-10-13-16-19-21-23-25-26-27-28-29-30-31-32-34-35-37-40-43-46-49-52-58(61)64-55-56(54-63-57(60)51-48-45-42-39-18-15-12-9-6-3)65-59(62)53-50-47-44-41-38-36-33-24-22-20-17-14-11-8-5-2/h8,11,17,20-21,23-24,26-27,33,38,41,47,50,56H,4-7,9-10,12-16,18-19,22,25,28-32,34-37,39-40,42-46,48-49,51-55H2,1-3H3/b11-8-,20-17-,23-21-,27-26-,33-24-,41-38-,50-47-. The minimum Gasteiger partial charge on any atom is -0.462 e. The number of hydrogen-bond acceptors (Lipinski definition) is 6. The molecule has 1 atom stereocenters. The summed E-state index contributed by atoms with van der Waals surface area (Å²) in [4.78, 5) is 37.9. The van der Waals surface area contributed by atoms with Crippen molar-refractivity contribution in [2.24, 2.45) is 0 Å². The van der Waals surface area contributed by atoms with E-state index in [1.54, 1.807) is 6.08 Å². The number of unbranched alkanes of at least 4 members (excludes halogenated alkanes) is 24. The van der Waals surface area contributed by atoms with Crippen LogP contribution in [0.2, 0.25) is 0 Å². The van der Waals surface area contributed by atoms with Crippen LogP contribution in [0.3, 0.4) is 0 Å². The summed E-state index contributed by atoms with van der Waals surface area (Å²) in [7, 11) is 0. The fourth-order valence-electron chi connectivity index (χ4n) is 7.37. The monoisotopic (exact) mass is 905 g/mol. The third kappa shape index (κ3) is 51.4. The second-order valence-electron chi connectivity index (χ2n) is 17.8. The first-order valence-corrected chi connectivity index (χ1v) is 27.1. The molecule has 1 unspecified atom stereocenters. The quantitative estimate of drug-likeness (QED) is 0.0262. The second-order valence-corrected chi connectivity index (χ2v) is 17.8. The van der Waals surface area contributed by atoms with Crippen molar-refractivity contribution in [2.75, 3.05) is 13.2 Å². The lowest BCUT2D eigenvalue weighted by Crippen LogP contribution is -2.30. The van der Waals surface area contributed by atoms with E-state index in [4.69, 9.17) is 14.2 Å². The summed E-state index contributed by atoms with van der Waals surface area (Å²) in [6.07, 6.45) is 68.9. The van der Waals surface area contributed by atoms with Gasteiger partial charge in [-0.15, -0.1) is 0 Å². The zero-order valence-electron chi connectivity index (χ0n) is 42.5. The molecule has 0 aromatic rings. The first kappa shape index (κ1) is 61.6. The van der Waals surface area contributed by atoms with Crippen molar-refractivity contribution in [3.05, 3.63) is 85.1 Å². The van der Waals surface area contributed by atoms with Crippen molar-refractivity contribution < 1.29 is 28.6 Å². The first-order valence-electron chi connectivity index (χ1n) is 27.1. The number of ether oxygens (including phenoxy) is 3. The molecule has 0 saturated carbocycles. The topological polar surface area (TPSA) is 78.9 Å². The summed E-state index contributed by atoms with van der Waals surface area (Å²) in [5.41, 5.74) is 0. The Morgan fingerprint density at radius 1 is 0.338 bits per heavy atom. The van der Waals surface area contributed by atoms with Crippen LogP contribution in [0, 0.1) is 0 Å². The number of hydrogen-bond donors (Lipinski definition) is 0. The fraction of sp³-hybridized carbons (Fsp3) is 0.712. The molecule has 0 N–H and O–H groups in total. The third-order valence-corrected chi connectivity index (χ3v) is 11.4. The van der Waals surface area contributed by atoms with Gasteiger partial charge in [-0.1, -0.05) is 241 Å². The molecule has 0 rings (SSSR count). The lowest BCUT2D eigenvalue weighted by Gasteiger charge is -2.18. The molecule has 6 nitrogen and oxygen atoms in total. The van der Waals surface area contributed by atoms with Gasteiger partial charge in [-0.3, -0.25) is 14.4 Å². The van der Waals surface area contributed by atoms with Gasteiger partial charge >= 0.3 is 17.9 Å². The van der Waals surface area contributed by atoms with E-state index in [0.29, 0.717) is 12.8 Å². The molecular weight excluding hydrogens is 805 g/mol. The number of esters is 3. The SMILES string of the molecule is CC/C=C\C/C=C\C/C=C\C/C=C\C/C=C\CC(=O)OC(COC(=O)CCCCCCCCCCC)COC(=O)CCCCCCCCCCCCC/C=C\C/C=C\CCCCCCC. The normalized spacial score (nSPS) is 12.7. The molecule has 0 aliphatic rings.